The molecule has 136 valence electrons. The van der Waals surface area contributed by atoms with Crippen LogP contribution in [-0.4, -0.2) is 66.9 Å². The number of hydrogen-bond donors (Lipinski definition) is 1. The van der Waals surface area contributed by atoms with Gasteiger partial charge in [-0.1, -0.05) is 5.16 Å². The topological polar surface area (TPSA) is 95.8 Å². The molecule has 0 aromatic carbocycles. The fourth-order valence-corrected chi connectivity index (χ4v) is 4.47. The predicted octanol–water partition coefficient (Wildman–Crippen LogP) is 0.512. The molecule has 0 aliphatic carbocycles. The normalized spacial score (nSPS) is 17.9. The van der Waals surface area contributed by atoms with Gasteiger partial charge in [0.15, 0.2) is 5.76 Å². The zero-order valence-electron chi connectivity index (χ0n) is 14.9. The number of amides is 1. The number of hydrogen-bond acceptors (Lipinski definition) is 6. The molecule has 1 aromatic rings. The number of nitrogens with zero attached hydrogens (tertiary/aromatic N) is 3. The minimum Gasteiger partial charge on any atom is -0.360 e. The van der Waals surface area contributed by atoms with Crippen LogP contribution in [0.3, 0.4) is 0 Å². The lowest BCUT2D eigenvalue weighted by molar-refractivity contribution is -0.123. The first-order valence-corrected chi connectivity index (χ1v) is 9.41. The second-order valence-corrected chi connectivity index (χ2v) is 9.01. The number of aryl methyl sites for hydroxylation is 2. The van der Waals surface area contributed by atoms with E-state index < -0.39 is 10.0 Å². The minimum atomic E-state index is -3.61. The van der Waals surface area contributed by atoms with Gasteiger partial charge >= 0.3 is 0 Å². The largest absolute Gasteiger partial charge is 0.360 e. The maximum Gasteiger partial charge on any atom is 0.248 e. The molecule has 1 saturated heterocycles. The van der Waals surface area contributed by atoms with Crippen LogP contribution < -0.4 is 5.32 Å². The summed E-state index contributed by atoms with van der Waals surface area (Å²) in [7, 11) is -3.61. The SMILES string of the molecule is Cc1noc(C)c1S(=O)(=O)N1CCN(CC(=O)NC(C)(C)C)CC1. The quantitative estimate of drug-likeness (QED) is 0.843. The van der Waals surface area contributed by atoms with Gasteiger partial charge < -0.3 is 9.84 Å². The van der Waals surface area contributed by atoms with Gasteiger partial charge in [-0.2, -0.15) is 4.31 Å². The molecular formula is C15H26N4O4S. The highest BCUT2D eigenvalue weighted by molar-refractivity contribution is 7.89. The summed E-state index contributed by atoms with van der Waals surface area (Å²) in [6.45, 7) is 11.0. The van der Waals surface area contributed by atoms with E-state index in [1.165, 1.54) is 4.31 Å². The number of carbonyl (C=O) groups is 1. The van der Waals surface area contributed by atoms with E-state index in [4.69, 9.17) is 4.52 Å². The molecule has 0 radical (unpaired) electrons. The fourth-order valence-electron chi connectivity index (χ4n) is 2.76. The molecule has 1 aromatic heterocycles. The van der Waals surface area contributed by atoms with Gasteiger partial charge in [-0.3, -0.25) is 9.69 Å². The molecule has 0 spiro atoms. The monoisotopic (exact) mass is 358 g/mol. The van der Waals surface area contributed by atoms with Gasteiger partial charge in [-0.05, 0) is 34.6 Å². The first-order chi connectivity index (χ1) is 11.0. The van der Waals surface area contributed by atoms with Crippen LogP contribution in [0.15, 0.2) is 9.42 Å². The van der Waals surface area contributed by atoms with Gasteiger partial charge in [0.2, 0.25) is 15.9 Å². The molecule has 1 aliphatic heterocycles. The summed E-state index contributed by atoms with van der Waals surface area (Å²) in [6.07, 6.45) is 0. The average Bonchev–Trinajstić information content (AvgIpc) is 2.77. The Kier molecular flexibility index (Phi) is 5.36. The summed E-state index contributed by atoms with van der Waals surface area (Å²) in [5.74, 6) is 0.254. The molecule has 0 saturated carbocycles. The number of piperazine rings is 1. The molecule has 0 atom stereocenters. The number of carbonyl (C=O) groups excluding carboxylic acids is 1. The lowest BCUT2D eigenvalue weighted by Crippen LogP contribution is -2.52. The van der Waals surface area contributed by atoms with E-state index in [1.807, 2.05) is 25.7 Å². The Morgan fingerprint density at radius 3 is 2.25 bits per heavy atom. The van der Waals surface area contributed by atoms with Crippen molar-refractivity contribution >= 4 is 15.9 Å². The van der Waals surface area contributed by atoms with E-state index in [0.717, 1.165) is 0 Å². The Labute approximate surface area is 143 Å². The Hall–Kier alpha value is -1.45. The fraction of sp³-hybridized carbons (Fsp3) is 0.733. The van der Waals surface area contributed by atoms with Crippen molar-refractivity contribution in [2.45, 2.75) is 45.1 Å². The molecule has 0 bridgehead atoms. The second kappa shape index (κ2) is 6.81. The van der Waals surface area contributed by atoms with Crippen molar-refractivity contribution in [1.82, 2.24) is 19.7 Å². The molecule has 9 heteroatoms. The Bertz CT molecular complexity index is 678. The van der Waals surface area contributed by atoms with E-state index in [0.29, 0.717) is 37.6 Å². The Morgan fingerprint density at radius 1 is 1.21 bits per heavy atom. The van der Waals surface area contributed by atoms with Gasteiger partial charge in [-0.25, -0.2) is 8.42 Å². The molecule has 1 aliphatic rings. The number of aromatic nitrogens is 1. The first-order valence-electron chi connectivity index (χ1n) is 7.97. The van der Waals surface area contributed by atoms with Crippen LogP contribution in [0, 0.1) is 13.8 Å². The Balaban J connectivity index is 1.97. The van der Waals surface area contributed by atoms with Gasteiger partial charge in [0.05, 0.1) is 6.54 Å². The number of rotatable bonds is 4. The minimum absolute atomic E-state index is 0.0514. The van der Waals surface area contributed by atoms with Gasteiger partial charge in [-0.15, -0.1) is 0 Å². The van der Waals surface area contributed by atoms with Crippen LogP contribution in [0.5, 0.6) is 0 Å². The summed E-state index contributed by atoms with van der Waals surface area (Å²) in [6, 6.07) is 0. The van der Waals surface area contributed by atoms with Crippen LogP contribution in [0.4, 0.5) is 0 Å². The average molecular weight is 358 g/mol. The van der Waals surface area contributed by atoms with Crippen LogP contribution in [-0.2, 0) is 14.8 Å². The van der Waals surface area contributed by atoms with Crippen molar-refractivity contribution in [2.75, 3.05) is 32.7 Å². The van der Waals surface area contributed by atoms with E-state index >= 15 is 0 Å². The van der Waals surface area contributed by atoms with Gasteiger partial charge in [0, 0.05) is 31.7 Å². The summed E-state index contributed by atoms with van der Waals surface area (Å²) in [5, 5.41) is 6.63. The summed E-state index contributed by atoms with van der Waals surface area (Å²) < 4.78 is 31.9. The number of sulfonamides is 1. The highest BCUT2D eigenvalue weighted by Gasteiger charge is 2.33. The molecule has 1 N–H and O–H groups in total. The second-order valence-electron chi connectivity index (χ2n) is 7.13. The molecule has 1 amide bonds. The molecule has 1 fully saturated rings. The van der Waals surface area contributed by atoms with Crippen molar-refractivity contribution in [2.24, 2.45) is 0 Å². The van der Waals surface area contributed by atoms with Crippen molar-refractivity contribution in [3.63, 3.8) is 0 Å². The molecule has 24 heavy (non-hydrogen) atoms. The molecule has 2 rings (SSSR count). The van der Waals surface area contributed by atoms with Crippen LogP contribution in [0.2, 0.25) is 0 Å². The molecule has 0 unspecified atom stereocenters. The van der Waals surface area contributed by atoms with Crippen LogP contribution in [0.25, 0.3) is 0 Å². The van der Waals surface area contributed by atoms with Crippen molar-refractivity contribution < 1.29 is 17.7 Å². The zero-order chi connectivity index (χ0) is 18.1. The molecular weight excluding hydrogens is 332 g/mol. The van der Waals surface area contributed by atoms with E-state index in [1.54, 1.807) is 13.8 Å². The van der Waals surface area contributed by atoms with Gasteiger partial charge in [0.25, 0.3) is 0 Å². The smallest absolute Gasteiger partial charge is 0.248 e. The highest BCUT2D eigenvalue weighted by Crippen LogP contribution is 2.24. The van der Waals surface area contributed by atoms with Gasteiger partial charge in [0.1, 0.15) is 10.6 Å². The molecule has 2 heterocycles. The van der Waals surface area contributed by atoms with E-state index in [-0.39, 0.29) is 22.9 Å². The lowest BCUT2D eigenvalue weighted by Gasteiger charge is -2.34. The van der Waals surface area contributed by atoms with E-state index in [2.05, 4.69) is 10.5 Å². The first kappa shape index (κ1) is 18.9. The zero-order valence-corrected chi connectivity index (χ0v) is 15.7. The lowest BCUT2D eigenvalue weighted by atomic mass is 10.1. The van der Waals surface area contributed by atoms with Crippen LogP contribution >= 0.6 is 0 Å². The third kappa shape index (κ3) is 4.34. The molecule has 8 nitrogen and oxygen atoms in total. The maximum atomic E-state index is 12.7. The van der Waals surface area contributed by atoms with Crippen molar-refractivity contribution in [3.8, 4) is 0 Å². The maximum absolute atomic E-state index is 12.7. The Morgan fingerprint density at radius 2 is 1.79 bits per heavy atom. The van der Waals surface area contributed by atoms with Crippen molar-refractivity contribution in [3.05, 3.63) is 11.5 Å². The third-order valence-electron chi connectivity index (χ3n) is 3.78. The standard InChI is InChI=1S/C15H26N4O4S/c1-11-14(12(2)23-17-11)24(21,22)19-8-6-18(7-9-19)10-13(20)16-15(3,4)5/h6-10H2,1-5H3,(H,16,20). The van der Waals surface area contributed by atoms with E-state index in [9.17, 15) is 13.2 Å². The third-order valence-corrected chi connectivity index (χ3v) is 5.92. The number of nitrogens with one attached hydrogen (secondary N) is 1. The van der Waals surface area contributed by atoms with Crippen molar-refractivity contribution in [1.29, 1.82) is 0 Å². The predicted molar refractivity (Wildman–Crippen MR) is 89.1 cm³/mol. The highest BCUT2D eigenvalue weighted by atomic mass is 32.2. The summed E-state index contributed by atoms with van der Waals surface area (Å²) in [5.41, 5.74) is 0.102. The summed E-state index contributed by atoms with van der Waals surface area (Å²) in [4.78, 5) is 14.1. The summed E-state index contributed by atoms with van der Waals surface area (Å²) >= 11 is 0. The van der Waals surface area contributed by atoms with Crippen LogP contribution in [0.1, 0.15) is 32.2 Å².